The van der Waals surface area contributed by atoms with Crippen LogP contribution in [0.15, 0.2) is 28.8 Å². The van der Waals surface area contributed by atoms with Gasteiger partial charge in [0.05, 0.1) is 6.54 Å². The molecule has 0 spiro atoms. The van der Waals surface area contributed by atoms with Crippen LogP contribution < -0.4 is 0 Å². The van der Waals surface area contributed by atoms with Gasteiger partial charge in [-0.1, -0.05) is 42.7 Å². The molecule has 0 atom stereocenters. The van der Waals surface area contributed by atoms with E-state index in [9.17, 15) is 0 Å². The zero-order valence-electron chi connectivity index (χ0n) is 12.1. The Hall–Kier alpha value is -1.39. The molecule has 0 fully saturated rings. The van der Waals surface area contributed by atoms with Crippen LogP contribution >= 0.6 is 11.6 Å². The molecule has 4 nitrogen and oxygen atoms in total. The van der Waals surface area contributed by atoms with E-state index in [4.69, 9.17) is 16.1 Å². The topological polar surface area (TPSA) is 42.2 Å². The summed E-state index contributed by atoms with van der Waals surface area (Å²) >= 11 is 5.98. The van der Waals surface area contributed by atoms with Crippen molar-refractivity contribution in [2.75, 3.05) is 7.05 Å². The fraction of sp³-hybridized carbons (Fsp3) is 0.467. The highest BCUT2D eigenvalue weighted by molar-refractivity contribution is 6.30. The highest BCUT2D eigenvalue weighted by atomic mass is 35.5. The first kappa shape index (κ1) is 15.0. The molecule has 0 aliphatic heterocycles. The third-order valence-corrected chi connectivity index (χ3v) is 3.08. The molecule has 0 aliphatic carbocycles. The fourth-order valence-corrected chi connectivity index (χ4v) is 2.24. The monoisotopic (exact) mass is 293 g/mol. The van der Waals surface area contributed by atoms with Crippen LogP contribution in [0.2, 0.25) is 5.02 Å². The van der Waals surface area contributed by atoms with E-state index >= 15 is 0 Å². The minimum atomic E-state index is 0.521. The van der Waals surface area contributed by atoms with Crippen molar-refractivity contribution in [3.8, 4) is 0 Å². The molecule has 2 aromatic rings. The molecule has 1 aromatic carbocycles. The number of hydrogen-bond donors (Lipinski definition) is 0. The average Bonchev–Trinajstić information content (AvgIpc) is 2.75. The number of aromatic nitrogens is 2. The van der Waals surface area contributed by atoms with E-state index in [1.807, 2.05) is 25.2 Å². The Balaban J connectivity index is 1.91. The average molecular weight is 294 g/mol. The fourth-order valence-electron chi connectivity index (χ4n) is 2.03. The largest absolute Gasteiger partial charge is 0.339 e. The lowest BCUT2D eigenvalue weighted by Crippen LogP contribution is -2.18. The number of rotatable bonds is 6. The van der Waals surface area contributed by atoms with Gasteiger partial charge >= 0.3 is 0 Å². The van der Waals surface area contributed by atoms with Crippen molar-refractivity contribution in [2.45, 2.75) is 33.4 Å². The van der Waals surface area contributed by atoms with Crippen LogP contribution in [0.25, 0.3) is 0 Å². The third kappa shape index (κ3) is 4.62. The van der Waals surface area contributed by atoms with E-state index < -0.39 is 0 Å². The molecule has 20 heavy (non-hydrogen) atoms. The molecule has 5 heteroatoms. The van der Waals surface area contributed by atoms with E-state index in [1.54, 1.807) is 0 Å². The Morgan fingerprint density at radius 2 is 2.10 bits per heavy atom. The molecular formula is C15H20ClN3O. The van der Waals surface area contributed by atoms with Crippen molar-refractivity contribution in [1.29, 1.82) is 0 Å². The summed E-state index contributed by atoms with van der Waals surface area (Å²) in [6.07, 6.45) is 0.824. The Morgan fingerprint density at radius 3 is 2.80 bits per heavy atom. The normalized spacial score (nSPS) is 11.5. The summed E-state index contributed by atoms with van der Waals surface area (Å²) in [4.78, 5) is 6.54. The van der Waals surface area contributed by atoms with Gasteiger partial charge < -0.3 is 4.52 Å². The van der Waals surface area contributed by atoms with Crippen molar-refractivity contribution in [2.24, 2.45) is 5.92 Å². The SMILES string of the molecule is CC(C)Cc1nc(CN(C)Cc2cccc(Cl)c2)no1. The first-order chi connectivity index (χ1) is 9.52. The van der Waals surface area contributed by atoms with Crippen LogP contribution in [-0.4, -0.2) is 22.1 Å². The molecule has 1 aromatic heterocycles. The van der Waals surface area contributed by atoms with Crippen LogP contribution in [0, 0.1) is 5.92 Å². The predicted molar refractivity (Wildman–Crippen MR) is 79.5 cm³/mol. The first-order valence-corrected chi connectivity index (χ1v) is 7.15. The minimum Gasteiger partial charge on any atom is -0.339 e. The van der Waals surface area contributed by atoms with Crippen molar-refractivity contribution in [3.63, 3.8) is 0 Å². The Morgan fingerprint density at radius 1 is 1.30 bits per heavy atom. The van der Waals surface area contributed by atoms with E-state index in [0.29, 0.717) is 18.4 Å². The minimum absolute atomic E-state index is 0.521. The number of halogens is 1. The second kappa shape index (κ2) is 6.86. The molecule has 0 aliphatic rings. The van der Waals surface area contributed by atoms with Gasteiger partial charge in [-0.15, -0.1) is 0 Å². The van der Waals surface area contributed by atoms with Gasteiger partial charge in [0.15, 0.2) is 5.82 Å². The maximum absolute atomic E-state index is 5.98. The summed E-state index contributed by atoms with van der Waals surface area (Å²) < 4.78 is 5.24. The summed E-state index contributed by atoms with van der Waals surface area (Å²) in [6.45, 7) is 5.73. The smallest absolute Gasteiger partial charge is 0.226 e. The lowest BCUT2D eigenvalue weighted by atomic mass is 10.1. The van der Waals surface area contributed by atoms with Crippen molar-refractivity contribution in [3.05, 3.63) is 46.6 Å². The van der Waals surface area contributed by atoms with Gasteiger partial charge in [-0.25, -0.2) is 0 Å². The van der Waals surface area contributed by atoms with Crippen LogP contribution in [-0.2, 0) is 19.5 Å². The van der Waals surface area contributed by atoms with Crippen molar-refractivity contribution < 1.29 is 4.52 Å². The summed E-state index contributed by atoms with van der Waals surface area (Å²) in [6, 6.07) is 7.87. The zero-order chi connectivity index (χ0) is 14.5. The molecule has 0 bridgehead atoms. The summed E-state index contributed by atoms with van der Waals surface area (Å²) in [5.74, 6) is 1.96. The van der Waals surface area contributed by atoms with E-state index in [1.165, 1.54) is 5.56 Å². The number of hydrogen-bond acceptors (Lipinski definition) is 4. The van der Waals surface area contributed by atoms with Crippen molar-refractivity contribution in [1.82, 2.24) is 15.0 Å². The summed E-state index contributed by atoms with van der Waals surface area (Å²) in [7, 11) is 2.03. The molecule has 0 N–H and O–H groups in total. The van der Waals surface area contributed by atoms with Gasteiger partial charge in [0, 0.05) is 18.0 Å². The van der Waals surface area contributed by atoms with E-state index in [0.717, 1.165) is 23.8 Å². The first-order valence-electron chi connectivity index (χ1n) is 6.77. The van der Waals surface area contributed by atoms with Crippen LogP contribution in [0.4, 0.5) is 0 Å². The van der Waals surface area contributed by atoms with Crippen LogP contribution in [0.5, 0.6) is 0 Å². The summed E-state index contributed by atoms with van der Waals surface area (Å²) in [5.41, 5.74) is 1.17. The molecular weight excluding hydrogens is 274 g/mol. The van der Waals surface area contributed by atoms with Gasteiger partial charge in [-0.3, -0.25) is 4.90 Å². The molecule has 1 heterocycles. The lowest BCUT2D eigenvalue weighted by Gasteiger charge is -2.14. The molecule has 0 amide bonds. The Bertz CT molecular complexity index is 554. The second-order valence-electron chi connectivity index (χ2n) is 5.50. The van der Waals surface area contributed by atoms with Crippen LogP contribution in [0.3, 0.4) is 0 Å². The van der Waals surface area contributed by atoms with E-state index in [-0.39, 0.29) is 0 Å². The molecule has 2 rings (SSSR count). The number of nitrogens with zero attached hydrogens (tertiary/aromatic N) is 3. The lowest BCUT2D eigenvalue weighted by molar-refractivity contribution is 0.298. The summed E-state index contributed by atoms with van der Waals surface area (Å²) in [5, 5.41) is 4.77. The van der Waals surface area contributed by atoms with Crippen molar-refractivity contribution >= 4 is 11.6 Å². The van der Waals surface area contributed by atoms with Gasteiger partial charge in [0.2, 0.25) is 5.89 Å². The molecule has 0 radical (unpaired) electrons. The van der Waals surface area contributed by atoms with Gasteiger partial charge in [0.1, 0.15) is 0 Å². The Labute approximate surface area is 124 Å². The zero-order valence-corrected chi connectivity index (χ0v) is 12.9. The quantitative estimate of drug-likeness (QED) is 0.817. The van der Waals surface area contributed by atoms with Gasteiger partial charge in [0.25, 0.3) is 0 Å². The second-order valence-corrected chi connectivity index (χ2v) is 5.94. The number of benzene rings is 1. The van der Waals surface area contributed by atoms with E-state index in [2.05, 4.69) is 35.0 Å². The molecule has 108 valence electrons. The third-order valence-electron chi connectivity index (χ3n) is 2.85. The highest BCUT2D eigenvalue weighted by Gasteiger charge is 2.10. The van der Waals surface area contributed by atoms with Gasteiger partial charge in [-0.05, 0) is 30.7 Å². The molecule has 0 saturated heterocycles. The van der Waals surface area contributed by atoms with Gasteiger partial charge in [-0.2, -0.15) is 4.98 Å². The predicted octanol–water partition coefficient (Wildman–Crippen LogP) is 3.55. The maximum Gasteiger partial charge on any atom is 0.226 e. The molecule has 0 saturated carbocycles. The highest BCUT2D eigenvalue weighted by Crippen LogP contribution is 2.13. The molecule has 0 unspecified atom stereocenters. The Kier molecular flexibility index (Phi) is 5.15. The van der Waals surface area contributed by atoms with Crippen LogP contribution in [0.1, 0.15) is 31.1 Å². The maximum atomic E-state index is 5.98. The standard InChI is InChI=1S/C15H20ClN3O/c1-11(2)7-15-17-14(18-20-15)10-19(3)9-12-5-4-6-13(16)8-12/h4-6,8,11H,7,9-10H2,1-3H3.